The van der Waals surface area contributed by atoms with E-state index >= 15 is 0 Å². The number of hydrogen-bond acceptors (Lipinski definition) is 5. The first-order valence-electron chi connectivity index (χ1n) is 8.67. The SMILES string of the molecule is CC(C)(C)OC(=O)N1CCCC(CCCOc2cccc(N)n2)C1. The second-order valence-electron chi connectivity index (χ2n) is 7.33. The van der Waals surface area contributed by atoms with Crippen LogP contribution in [-0.2, 0) is 4.74 Å². The Hall–Kier alpha value is -1.98. The van der Waals surface area contributed by atoms with Gasteiger partial charge in [0.1, 0.15) is 11.4 Å². The van der Waals surface area contributed by atoms with Crippen molar-refractivity contribution in [1.29, 1.82) is 0 Å². The highest BCUT2D eigenvalue weighted by Crippen LogP contribution is 2.23. The molecule has 1 saturated heterocycles. The van der Waals surface area contributed by atoms with Gasteiger partial charge in [0.15, 0.2) is 0 Å². The molecule has 0 spiro atoms. The van der Waals surface area contributed by atoms with E-state index in [1.807, 2.05) is 31.7 Å². The molecular formula is C18H29N3O3. The largest absolute Gasteiger partial charge is 0.478 e. The van der Waals surface area contributed by atoms with Crippen LogP contribution >= 0.6 is 0 Å². The number of piperidine rings is 1. The first kappa shape index (κ1) is 18.4. The molecule has 6 heteroatoms. The zero-order valence-corrected chi connectivity index (χ0v) is 15.0. The van der Waals surface area contributed by atoms with Gasteiger partial charge in [-0.15, -0.1) is 0 Å². The van der Waals surface area contributed by atoms with Gasteiger partial charge in [0.2, 0.25) is 5.88 Å². The summed E-state index contributed by atoms with van der Waals surface area (Å²) in [6.45, 7) is 7.86. The summed E-state index contributed by atoms with van der Waals surface area (Å²) in [7, 11) is 0. The lowest BCUT2D eigenvalue weighted by Crippen LogP contribution is -2.42. The number of likely N-dealkylation sites (tertiary alicyclic amines) is 1. The van der Waals surface area contributed by atoms with E-state index < -0.39 is 5.60 Å². The predicted molar refractivity (Wildman–Crippen MR) is 93.9 cm³/mol. The van der Waals surface area contributed by atoms with Crippen LogP contribution in [-0.4, -0.2) is 41.3 Å². The molecule has 6 nitrogen and oxygen atoms in total. The Kier molecular flexibility index (Phi) is 6.29. The number of nitrogens with zero attached hydrogens (tertiary/aromatic N) is 2. The minimum absolute atomic E-state index is 0.201. The number of ether oxygens (including phenoxy) is 2. The molecule has 2 N–H and O–H groups in total. The zero-order chi connectivity index (χ0) is 17.6. The molecule has 2 rings (SSSR count). The molecule has 0 aliphatic carbocycles. The Morgan fingerprint density at radius 2 is 2.21 bits per heavy atom. The number of nitrogen functional groups attached to an aromatic ring is 1. The molecule has 2 heterocycles. The number of anilines is 1. The van der Waals surface area contributed by atoms with Crippen LogP contribution in [0.2, 0.25) is 0 Å². The Morgan fingerprint density at radius 1 is 1.42 bits per heavy atom. The number of hydrogen-bond donors (Lipinski definition) is 1. The van der Waals surface area contributed by atoms with Gasteiger partial charge in [-0.05, 0) is 58.4 Å². The Morgan fingerprint density at radius 3 is 2.92 bits per heavy atom. The molecule has 1 aliphatic heterocycles. The lowest BCUT2D eigenvalue weighted by Gasteiger charge is -2.34. The first-order valence-corrected chi connectivity index (χ1v) is 8.67. The molecule has 0 saturated carbocycles. The third-order valence-corrected chi connectivity index (χ3v) is 3.92. The van der Waals surface area contributed by atoms with E-state index in [-0.39, 0.29) is 6.09 Å². The van der Waals surface area contributed by atoms with Crippen LogP contribution in [0, 0.1) is 5.92 Å². The molecule has 0 bridgehead atoms. The van der Waals surface area contributed by atoms with Crippen molar-refractivity contribution in [2.45, 2.75) is 52.1 Å². The summed E-state index contributed by atoms with van der Waals surface area (Å²) >= 11 is 0. The first-order chi connectivity index (χ1) is 11.3. The minimum Gasteiger partial charge on any atom is -0.478 e. The summed E-state index contributed by atoms with van der Waals surface area (Å²) in [5.41, 5.74) is 5.18. The van der Waals surface area contributed by atoms with Crippen molar-refractivity contribution in [3.63, 3.8) is 0 Å². The summed E-state index contributed by atoms with van der Waals surface area (Å²) in [6, 6.07) is 5.37. The number of aromatic nitrogens is 1. The number of carbonyl (C=O) groups is 1. The second kappa shape index (κ2) is 8.22. The van der Waals surface area contributed by atoms with Crippen molar-refractivity contribution >= 4 is 11.9 Å². The van der Waals surface area contributed by atoms with Crippen LogP contribution in [0.3, 0.4) is 0 Å². The van der Waals surface area contributed by atoms with E-state index in [0.29, 0.717) is 24.2 Å². The predicted octanol–water partition coefficient (Wildman–Crippen LogP) is 3.47. The molecule has 24 heavy (non-hydrogen) atoms. The molecule has 1 amide bonds. The highest BCUT2D eigenvalue weighted by molar-refractivity contribution is 5.68. The van der Waals surface area contributed by atoms with E-state index in [1.165, 1.54) is 0 Å². The summed E-state index contributed by atoms with van der Waals surface area (Å²) in [5, 5.41) is 0. The topological polar surface area (TPSA) is 77.7 Å². The lowest BCUT2D eigenvalue weighted by atomic mass is 9.94. The van der Waals surface area contributed by atoms with Crippen molar-refractivity contribution < 1.29 is 14.3 Å². The normalized spacial score (nSPS) is 18.3. The van der Waals surface area contributed by atoms with Crippen molar-refractivity contribution in [2.24, 2.45) is 5.92 Å². The molecule has 0 radical (unpaired) electrons. The molecule has 1 aliphatic rings. The molecule has 1 fully saturated rings. The summed E-state index contributed by atoms with van der Waals surface area (Å²) in [6.07, 6.45) is 3.94. The van der Waals surface area contributed by atoms with Crippen molar-refractivity contribution in [2.75, 3.05) is 25.4 Å². The fourth-order valence-corrected chi connectivity index (χ4v) is 2.85. The summed E-state index contributed by atoms with van der Waals surface area (Å²) < 4.78 is 11.1. The van der Waals surface area contributed by atoms with E-state index in [4.69, 9.17) is 15.2 Å². The third kappa shape index (κ3) is 6.26. The Labute approximate surface area is 144 Å². The fourth-order valence-electron chi connectivity index (χ4n) is 2.85. The smallest absolute Gasteiger partial charge is 0.410 e. The van der Waals surface area contributed by atoms with Gasteiger partial charge in [-0.2, -0.15) is 4.98 Å². The van der Waals surface area contributed by atoms with Gasteiger partial charge >= 0.3 is 6.09 Å². The van der Waals surface area contributed by atoms with Crippen LogP contribution in [0.25, 0.3) is 0 Å². The third-order valence-electron chi connectivity index (χ3n) is 3.92. The van der Waals surface area contributed by atoms with E-state index in [9.17, 15) is 4.79 Å². The number of rotatable bonds is 5. The van der Waals surface area contributed by atoms with Gasteiger partial charge in [-0.3, -0.25) is 0 Å². The molecule has 0 aromatic carbocycles. The monoisotopic (exact) mass is 335 g/mol. The zero-order valence-electron chi connectivity index (χ0n) is 15.0. The van der Waals surface area contributed by atoms with Gasteiger partial charge in [0, 0.05) is 19.2 Å². The van der Waals surface area contributed by atoms with Crippen molar-refractivity contribution in [3.8, 4) is 5.88 Å². The van der Waals surface area contributed by atoms with Gasteiger partial charge in [0.05, 0.1) is 6.61 Å². The highest BCUT2D eigenvalue weighted by Gasteiger charge is 2.27. The Bertz CT molecular complexity index is 543. The van der Waals surface area contributed by atoms with Crippen LogP contribution in [0.15, 0.2) is 18.2 Å². The summed E-state index contributed by atoms with van der Waals surface area (Å²) in [4.78, 5) is 18.1. The molecule has 134 valence electrons. The molecular weight excluding hydrogens is 306 g/mol. The average Bonchev–Trinajstić information content (AvgIpc) is 2.50. The maximum Gasteiger partial charge on any atom is 0.410 e. The maximum absolute atomic E-state index is 12.2. The van der Waals surface area contributed by atoms with E-state index in [2.05, 4.69) is 4.98 Å². The number of carbonyl (C=O) groups excluding carboxylic acids is 1. The van der Waals surface area contributed by atoms with Crippen LogP contribution in [0.1, 0.15) is 46.5 Å². The number of amides is 1. The Balaban J connectivity index is 1.70. The van der Waals surface area contributed by atoms with E-state index in [1.54, 1.807) is 12.1 Å². The molecule has 1 atom stereocenters. The highest BCUT2D eigenvalue weighted by atomic mass is 16.6. The van der Waals surface area contributed by atoms with Crippen LogP contribution < -0.4 is 10.5 Å². The standard InChI is InChI=1S/C18H29N3O3/c1-18(2,3)24-17(22)21-11-5-7-14(13-21)8-6-12-23-16-10-4-9-15(19)20-16/h4,9-10,14H,5-8,11-13H2,1-3H3,(H2,19,20). The van der Waals surface area contributed by atoms with Crippen molar-refractivity contribution in [1.82, 2.24) is 9.88 Å². The number of nitrogens with two attached hydrogens (primary N) is 1. The molecule has 1 aromatic heterocycles. The van der Waals surface area contributed by atoms with Gasteiger partial charge in [-0.25, -0.2) is 4.79 Å². The van der Waals surface area contributed by atoms with Gasteiger partial charge in [-0.1, -0.05) is 6.07 Å². The second-order valence-corrected chi connectivity index (χ2v) is 7.33. The number of pyridine rings is 1. The molecule has 1 unspecified atom stereocenters. The fraction of sp³-hybridized carbons (Fsp3) is 0.667. The van der Waals surface area contributed by atoms with Crippen molar-refractivity contribution in [3.05, 3.63) is 18.2 Å². The van der Waals surface area contributed by atoms with Gasteiger partial charge < -0.3 is 20.1 Å². The lowest BCUT2D eigenvalue weighted by molar-refractivity contribution is 0.0159. The van der Waals surface area contributed by atoms with Crippen LogP contribution in [0.5, 0.6) is 5.88 Å². The van der Waals surface area contributed by atoms with Gasteiger partial charge in [0.25, 0.3) is 0 Å². The molecule has 1 aromatic rings. The summed E-state index contributed by atoms with van der Waals surface area (Å²) in [5.74, 6) is 1.53. The van der Waals surface area contributed by atoms with Crippen LogP contribution in [0.4, 0.5) is 10.6 Å². The minimum atomic E-state index is -0.442. The van der Waals surface area contributed by atoms with E-state index in [0.717, 1.165) is 38.8 Å². The average molecular weight is 335 g/mol. The quantitative estimate of drug-likeness (QED) is 0.834. The maximum atomic E-state index is 12.2.